The molecule has 0 atom stereocenters. The number of hydrogen-bond acceptors (Lipinski definition) is 2. The molecule has 1 aromatic rings. The second kappa shape index (κ2) is 6.44. The lowest BCUT2D eigenvalue weighted by atomic mass is 9.93. The lowest BCUT2D eigenvalue weighted by molar-refractivity contribution is 0.427. The number of anilines is 1. The molecule has 1 aliphatic carbocycles. The average Bonchev–Trinajstić information content (AvgIpc) is 2.41. The van der Waals surface area contributed by atoms with E-state index in [1.807, 2.05) is 6.07 Å². The SMILES string of the molecule is CN(c1cc(Cl)ccc1CCN)C1CCCCC1. The topological polar surface area (TPSA) is 29.3 Å². The van der Waals surface area contributed by atoms with Gasteiger partial charge in [-0.3, -0.25) is 0 Å². The van der Waals surface area contributed by atoms with Crippen molar-refractivity contribution in [1.29, 1.82) is 0 Å². The van der Waals surface area contributed by atoms with Gasteiger partial charge in [-0.2, -0.15) is 0 Å². The van der Waals surface area contributed by atoms with E-state index >= 15 is 0 Å². The van der Waals surface area contributed by atoms with Gasteiger partial charge in [0.1, 0.15) is 0 Å². The molecule has 2 N–H and O–H groups in total. The summed E-state index contributed by atoms with van der Waals surface area (Å²) in [5, 5.41) is 0.813. The molecule has 100 valence electrons. The summed E-state index contributed by atoms with van der Waals surface area (Å²) in [5.41, 5.74) is 8.27. The van der Waals surface area contributed by atoms with E-state index < -0.39 is 0 Å². The van der Waals surface area contributed by atoms with E-state index in [0.29, 0.717) is 12.6 Å². The number of nitrogens with two attached hydrogens (primary N) is 1. The van der Waals surface area contributed by atoms with Crippen molar-refractivity contribution in [3.8, 4) is 0 Å². The maximum atomic E-state index is 6.14. The first-order chi connectivity index (χ1) is 8.72. The normalized spacial score (nSPS) is 16.8. The smallest absolute Gasteiger partial charge is 0.0426 e. The van der Waals surface area contributed by atoms with Crippen molar-refractivity contribution in [2.75, 3.05) is 18.5 Å². The zero-order valence-electron chi connectivity index (χ0n) is 11.2. The van der Waals surface area contributed by atoms with Crippen LogP contribution in [0.1, 0.15) is 37.7 Å². The summed E-state index contributed by atoms with van der Waals surface area (Å²) >= 11 is 6.14. The third-order valence-electron chi connectivity index (χ3n) is 3.96. The summed E-state index contributed by atoms with van der Waals surface area (Å²) in [7, 11) is 2.20. The quantitative estimate of drug-likeness (QED) is 0.902. The minimum Gasteiger partial charge on any atom is -0.371 e. The van der Waals surface area contributed by atoms with Crippen LogP contribution in [0.3, 0.4) is 0 Å². The Kier molecular flexibility index (Phi) is 4.90. The maximum absolute atomic E-state index is 6.14. The first-order valence-corrected chi connectivity index (χ1v) is 7.31. The van der Waals surface area contributed by atoms with Gasteiger partial charge in [0, 0.05) is 23.8 Å². The fourth-order valence-corrected chi connectivity index (χ4v) is 3.06. The molecule has 0 bridgehead atoms. The van der Waals surface area contributed by atoms with E-state index in [1.54, 1.807) is 0 Å². The fraction of sp³-hybridized carbons (Fsp3) is 0.600. The Labute approximate surface area is 115 Å². The Bertz CT molecular complexity index is 386. The molecular weight excluding hydrogens is 244 g/mol. The van der Waals surface area contributed by atoms with E-state index in [0.717, 1.165) is 11.4 Å². The highest BCUT2D eigenvalue weighted by molar-refractivity contribution is 6.30. The zero-order valence-corrected chi connectivity index (χ0v) is 11.9. The number of rotatable bonds is 4. The monoisotopic (exact) mass is 266 g/mol. The van der Waals surface area contributed by atoms with E-state index in [4.69, 9.17) is 17.3 Å². The zero-order chi connectivity index (χ0) is 13.0. The van der Waals surface area contributed by atoms with Crippen LogP contribution in [0.4, 0.5) is 5.69 Å². The molecule has 1 aliphatic rings. The summed E-state index contributed by atoms with van der Waals surface area (Å²) in [6.07, 6.45) is 7.60. The van der Waals surface area contributed by atoms with Gasteiger partial charge < -0.3 is 10.6 Å². The molecular formula is C15H23ClN2. The number of benzene rings is 1. The molecule has 0 spiro atoms. The largest absolute Gasteiger partial charge is 0.371 e. The third kappa shape index (κ3) is 3.18. The summed E-state index contributed by atoms with van der Waals surface area (Å²) in [6.45, 7) is 0.688. The van der Waals surface area contributed by atoms with Crippen LogP contribution in [0.2, 0.25) is 5.02 Å². The minimum atomic E-state index is 0.661. The number of halogens is 1. The molecule has 3 heteroatoms. The number of nitrogens with zero attached hydrogens (tertiary/aromatic N) is 1. The van der Waals surface area contributed by atoms with E-state index in [9.17, 15) is 0 Å². The molecule has 0 heterocycles. The lowest BCUT2D eigenvalue weighted by Crippen LogP contribution is -2.34. The van der Waals surface area contributed by atoms with Crippen LogP contribution in [0.25, 0.3) is 0 Å². The van der Waals surface area contributed by atoms with Gasteiger partial charge in [0.05, 0.1) is 0 Å². The van der Waals surface area contributed by atoms with Crippen LogP contribution in [0.5, 0.6) is 0 Å². The van der Waals surface area contributed by atoms with Crippen LogP contribution >= 0.6 is 11.6 Å². The summed E-state index contributed by atoms with van der Waals surface area (Å²) in [6, 6.07) is 6.82. The fourth-order valence-electron chi connectivity index (χ4n) is 2.90. The van der Waals surface area contributed by atoms with Gasteiger partial charge in [0.25, 0.3) is 0 Å². The molecule has 1 fully saturated rings. The van der Waals surface area contributed by atoms with Crippen LogP contribution in [0.15, 0.2) is 18.2 Å². The van der Waals surface area contributed by atoms with Gasteiger partial charge in [-0.15, -0.1) is 0 Å². The van der Waals surface area contributed by atoms with Crippen molar-refractivity contribution >= 4 is 17.3 Å². The molecule has 0 aromatic heterocycles. The Balaban J connectivity index is 2.21. The first kappa shape index (κ1) is 13.7. The lowest BCUT2D eigenvalue weighted by Gasteiger charge is -2.34. The second-order valence-corrected chi connectivity index (χ2v) is 5.65. The van der Waals surface area contributed by atoms with E-state index in [1.165, 1.54) is 43.4 Å². The van der Waals surface area contributed by atoms with Crippen molar-refractivity contribution in [2.24, 2.45) is 5.73 Å². The molecule has 0 unspecified atom stereocenters. The molecule has 0 amide bonds. The Morgan fingerprint density at radius 2 is 2.00 bits per heavy atom. The van der Waals surface area contributed by atoms with Crippen LogP contribution in [0, 0.1) is 0 Å². The van der Waals surface area contributed by atoms with Gasteiger partial charge in [-0.05, 0) is 43.5 Å². The molecule has 2 rings (SSSR count). The maximum Gasteiger partial charge on any atom is 0.0426 e. The molecule has 1 saturated carbocycles. The van der Waals surface area contributed by atoms with Crippen molar-refractivity contribution in [3.63, 3.8) is 0 Å². The van der Waals surface area contributed by atoms with Gasteiger partial charge in [-0.25, -0.2) is 0 Å². The van der Waals surface area contributed by atoms with Gasteiger partial charge >= 0.3 is 0 Å². The number of hydrogen-bond donors (Lipinski definition) is 1. The van der Waals surface area contributed by atoms with Crippen LogP contribution < -0.4 is 10.6 Å². The highest BCUT2D eigenvalue weighted by atomic mass is 35.5. The molecule has 2 nitrogen and oxygen atoms in total. The highest BCUT2D eigenvalue weighted by Crippen LogP contribution is 2.30. The van der Waals surface area contributed by atoms with Crippen molar-refractivity contribution in [2.45, 2.75) is 44.6 Å². The average molecular weight is 267 g/mol. The first-order valence-electron chi connectivity index (χ1n) is 6.93. The van der Waals surface area contributed by atoms with Gasteiger partial charge in [0.15, 0.2) is 0 Å². The predicted octanol–water partition coefficient (Wildman–Crippen LogP) is 3.61. The summed E-state index contributed by atoms with van der Waals surface area (Å²) in [4.78, 5) is 2.41. The van der Waals surface area contributed by atoms with Crippen LogP contribution in [-0.2, 0) is 6.42 Å². The Morgan fingerprint density at radius 3 is 2.67 bits per heavy atom. The van der Waals surface area contributed by atoms with Crippen LogP contribution in [-0.4, -0.2) is 19.6 Å². The summed E-state index contributed by atoms with van der Waals surface area (Å²) < 4.78 is 0. The van der Waals surface area contributed by atoms with Crippen molar-refractivity contribution in [3.05, 3.63) is 28.8 Å². The van der Waals surface area contributed by atoms with Crippen molar-refractivity contribution < 1.29 is 0 Å². The molecule has 18 heavy (non-hydrogen) atoms. The van der Waals surface area contributed by atoms with Crippen molar-refractivity contribution in [1.82, 2.24) is 0 Å². The van der Waals surface area contributed by atoms with E-state index in [-0.39, 0.29) is 0 Å². The van der Waals surface area contributed by atoms with Gasteiger partial charge in [-0.1, -0.05) is 36.9 Å². The minimum absolute atomic E-state index is 0.661. The standard InChI is InChI=1S/C15H23ClN2/c1-18(14-5-3-2-4-6-14)15-11-13(16)8-7-12(15)9-10-17/h7-8,11,14H,2-6,9-10,17H2,1H3. The molecule has 0 radical (unpaired) electrons. The second-order valence-electron chi connectivity index (χ2n) is 5.21. The molecule has 0 aliphatic heterocycles. The van der Waals surface area contributed by atoms with E-state index in [2.05, 4.69) is 24.1 Å². The van der Waals surface area contributed by atoms with Gasteiger partial charge in [0.2, 0.25) is 0 Å². The predicted molar refractivity (Wildman–Crippen MR) is 79.5 cm³/mol. The highest BCUT2D eigenvalue weighted by Gasteiger charge is 2.20. The Morgan fingerprint density at radius 1 is 1.28 bits per heavy atom. The third-order valence-corrected chi connectivity index (χ3v) is 4.20. The summed E-state index contributed by atoms with van der Waals surface area (Å²) in [5.74, 6) is 0. The molecule has 0 saturated heterocycles. The molecule has 1 aromatic carbocycles. The Hall–Kier alpha value is -0.730.